The maximum absolute atomic E-state index is 11.7. The minimum Gasteiger partial charge on any atom is -0.293 e. The Kier molecular flexibility index (Phi) is 4.46. The van der Waals surface area contributed by atoms with Crippen molar-refractivity contribution in [1.29, 1.82) is 0 Å². The highest BCUT2D eigenvalue weighted by molar-refractivity contribution is 7.87. The standard InChI is InChI=1S/C10H17NO4S/c1-8(9(2)12)11-15-16(13,14)10-6-4-3-5-7-10/h10H,3-7H2,1-2H3/b11-8-. The zero-order valence-corrected chi connectivity index (χ0v) is 10.4. The van der Waals surface area contributed by atoms with E-state index in [4.69, 9.17) is 0 Å². The summed E-state index contributed by atoms with van der Waals surface area (Å²) in [6, 6.07) is 0. The number of carbonyl (C=O) groups is 1. The average molecular weight is 247 g/mol. The Hall–Kier alpha value is -0.910. The maximum Gasteiger partial charge on any atom is 0.331 e. The molecule has 0 amide bonds. The zero-order valence-electron chi connectivity index (χ0n) is 9.60. The van der Waals surface area contributed by atoms with Crippen molar-refractivity contribution in [2.45, 2.75) is 51.2 Å². The molecule has 0 heterocycles. The quantitative estimate of drug-likeness (QED) is 0.559. The maximum atomic E-state index is 11.7. The van der Waals surface area contributed by atoms with Gasteiger partial charge in [0.1, 0.15) is 5.71 Å². The lowest BCUT2D eigenvalue weighted by atomic mass is 10.0. The number of rotatable bonds is 4. The molecule has 92 valence electrons. The minimum absolute atomic E-state index is 0.0689. The first-order valence-electron chi connectivity index (χ1n) is 5.41. The molecule has 0 N–H and O–H groups in total. The van der Waals surface area contributed by atoms with Crippen molar-refractivity contribution in [2.75, 3.05) is 0 Å². The zero-order chi connectivity index (χ0) is 12.2. The second kappa shape index (κ2) is 5.43. The molecule has 1 aliphatic carbocycles. The van der Waals surface area contributed by atoms with Gasteiger partial charge in [0.2, 0.25) is 0 Å². The molecule has 0 unspecified atom stereocenters. The molecule has 0 atom stereocenters. The molecule has 1 fully saturated rings. The largest absolute Gasteiger partial charge is 0.331 e. The molecule has 1 aliphatic rings. The molecule has 1 rings (SSSR count). The van der Waals surface area contributed by atoms with Crippen LogP contribution in [-0.4, -0.2) is 25.2 Å². The van der Waals surface area contributed by atoms with Crippen LogP contribution in [0.3, 0.4) is 0 Å². The van der Waals surface area contributed by atoms with E-state index in [1.165, 1.54) is 13.8 Å². The lowest BCUT2D eigenvalue weighted by Crippen LogP contribution is -2.25. The number of carbonyl (C=O) groups excluding carboxylic acids is 1. The molecule has 5 nitrogen and oxygen atoms in total. The van der Waals surface area contributed by atoms with Gasteiger partial charge in [0.05, 0.1) is 5.25 Å². The van der Waals surface area contributed by atoms with Gasteiger partial charge in [-0.15, -0.1) is 0 Å². The molecule has 0 aromatic heterocycles. The molecule has 16 heavy (non-hydrogen) atoms. The van der Waals surface area contributed by atoms with Crippen LogP contribution in [0.4, 0.5) is 0 Å². The van der Waals surface area contributed by atoms with Gasteiger partial charge in [-0.05, 0) is 19.8 Å². The highest BCUT2D eigenvalue weighted by Crippen LogP contribution is 2.24. The molecule has 6 heteroatoms. The Labute approximate surface area is 96.0 Å². The summed E-state index contributed by atoms with van der Waals surface area (Å²) >= 11 is 0. The van der Waals surface area contributed by atoms with Crippen molar-refractivity contribution in [3.05, 3.63) is 0 Å². The summed E-state index contributed by atoms with van der Waals surface area (Å²) in [6.07, 6.45) is 4.13. The van der Waals surface area contributed by atoms with E-state index < -0.39 is 15.4 Å². The lowest BCUT2D eigenvalue weighted by Gasteiger charge is -2.19. The van der Waals surface area contributed by atoms with Crippen LogP contribution in [0.5, 0.6) is 0 Å². The van der Waals surface area contributed by atoms with Crippen LogP contribution in [0.2, 0.25) is 0 Å². The second-order valence-corrected chi connectivity index (χ2v) is 5.86. The van der Waals surface area contributed by atoms with Gasteiger partial charge in [0, 0.05) is 6.92 Å². The molecule has 0 aromatic rings. The van der Waals surface area contributed by atoms with Gasteiger partial charge < -0.3 is 0 Å². The Morgan fingerprint density at radius 2 is 1.75 bits per heavy atom. The first-order valence-corrected chi connectivity index (χ1v) is 6.88. The summed E-state index contributed by atoms with van der Waals surface area (Å²) < 4.78 is 27.9. The molecule has 0 aliphatic heterocycles. The predicted molar refractivity (Wildman–Crippen MR) is 60.7 cm³/mol. The Balaban J connectivity index is 2.64. The third kappa shape index (κ3) is 3.59. The van der Waals surface area contributed by atoms with Crippen LogP contribution in [-0.2, 0) is 19.2 Å². The van der Waals surface area contributed by atoms with Gasteiger partial charge in [0.25, 0.3) is 0 Å². The van der Waals surface area contributed by atoms with Crippen LogP contribution >= 0.6 is 0 Å². The number of nitrogens with zero attached hydrogens (tertiary/aromatic N) is 1. The number of hydrogen-bond acceptors (Lipinski definition) is 5. The third-order valence-corrected chi connectivity index (χ3v) is 4.32. The van der Waals surface area contributed by atoms with E-state index in [1.807, 2.05) is 0 Å². The molecule has 0 aromatic carbocycles. The van der Waals surface area contributed by atoms with Crippen molar-refractivity contribution >= 4 is 21.6 Å². The highest BCUT2D eigenvalue weighted by atomic mass is 32.2. The summed E-state index contributed by atoms with van der Waals surface area (Å²) in [4.78, 5) is 10.8. The van der Waals surface area contributed by atoms with Crippen molar-refractivity contribution < 1.29 is 17.5 Å². The van der Waals surface area contributed by atoms with Gasteiger partial charge in [-0.1, -0.05) is 24.4 Å². The molecule has 0 spiro atoms. The van der Waals surface area contributed by atoms with Crippen molar-refractivity contribution in [1.82, 2.24) is 0 Å². The topological polar surface area (TPSA) is 72.8 Å². The van der Waals surface area contributed by atoms with Crippen molar-refractivity contribution in [3.63, 3.8) is 0 Å². The predicted octanol–water partition coefficient (Wildman–Crippen LogP) is 1.63. The van der Waals surface area contributed by atoms with Crippen LogP contribution in [0.15, 0.2) is 5.16 Å². The molecule has 0 bridgehead atoms. The summed E-state index contributed by atoms with van der Waals surface area (Å²) in [6.45, 7) is 2.74. The van der Waals surface area contributed by atoms with Crippen LogP contribution in [0.1, 0.15) is 46.0 Å². The molecule has 1 saturated carbocycles. The van der Waals surface area contributed by atoms with Crippen molar-refractivity contribution in [3.8, 4) is 0 Å². The first kappa shape index (κ1) is 13.2. The highest BCUT2D eigenvalue weighted by Gasteiger charge is 2.29. The van der Waals surface area contributed by atoms with Crippen LogP contribution in [0.25, 0.3) is 0 Å². The number of ketones is 1. The summed E-state index contributed by atoms with van der Waals surface area (Å²) in [5.41, 5.74) is 0.0689. The summed E-state index contributed by atoms with van der Waals surface area (Å²) in [7, 11) is -3.65. The number of oxime groups is 1. The average Bonchev–Trinajstić information content (AvgIpc) is 2.27. The van der Waals surface area contributed by atoms with E-state index >= 15 is 0 Å². The van der Waals surface area contributed by atoms with Gasteiger partial charge in [-0.3, -0.25) is 9.08 Å². The molecular formula is C10H17NO4S. The van der Waals surface area contributed by atoms with E-state index in [0.29, 0.717) is 12.8 Å². The normalized spacial score (nSPS) is 19.5. The Morgan fingerprint density at radius 3 is 2.25 bits per heavy atom. The van der Waals surface area contributed by atoms with Crippen LogP contribution in [0, 0.1) is 0 Å². The smallest absolute Gasteiger partial charge is 0.293 e. The third-order valence-electron chi connectivity index (χ3n) is 2.75. The fourth-order valence-corrected chi connectivity index (χ4v) is 2.83. The molecule has 0 radical (unpaired) electrons. The minimum atomic E-state index is -3.65. The van der Waals surface area contributed by atoms with E-state index in [-0.39, 0.29) is 11.5 Å². The Bertz CT molecular complexity index is 380. The summed E-state index contributed by atoms with van der Waals surface area (Å²) in [5, 5.41) is 2.88. The second-order valence-electron chi connectivity index (χ2n) is 4.06. The summed E-state index contributed by atoms with van der Waals surface area (Å²) in [5.74, 6) is -0.293. The van der Waals surface area contributed by atoms with Crippen molar-refractivity contribution in [2.24, 2.45) is 5.16 Å². The SMILES string of the molecule is CC(=O)/C(C)=N\OS(=O)(=O)C1CCCCC1. The first-order chi connectivity index (χ1) is 7.43. The fourth-order valence-electron chi connectivity index (χ4n) is 1.59. The fraction of sp³-hybridized carbons (Fsp3) is 0.800. The van der Waals surface area contributed by atoms with Crippen LogP contribution < -0.4 is 0 Å². The van der Waals surface area contributed by atoms with E-state index in [2.05, 4.69) is 9.44 Å². The van der Waals surface area contributed by atoms with E-state index in [1.54, 1.807) is 0 Å². The molecule has 0 saturated heterocycles. The van der Waals surface area contributed by atoms with E-state index in [9.17, 15) is 13.2 Å². The monoisotopic (exact) mass is 247 g/mol. The van der Waals surface area contributed by atoms with Gasteiger partial charge >= 0.3 is 10.1 Å². The van der Waals surface area contributed by atoms with Gasteiger partial charge in [-0.25, -0.2) is 0 Å². The van der Waals surface area contributed by atoms with Gasteiger partial charge in [0.15, 0.2) is 5.78 Å². The lowest BCUT2D eigenvalue weighted by molar-refractivity contribution is -0.111. The van der Waals surface area contributed by atoms with Gasteiger partial charge in [-0.2, -0.15) is 8.42 Å². The number of Topliss-reactive ketones (excluding diaryl/α,β-unsaturated/α-hetero) is 1. The number of hydrogen-bond donors (Lipinski definition) is 0. The molecular weight excluding hydrogens is 230 g/mol. The van der Waals surface area contributed by atoms with E-state index in [0.717, 1.165) is 19.3 Å². The Morgan fingerprint density at radius 1 is 1.19 bits per heavy atom.